The highest BCUT2D eigenvalue weighted by Gasteiger charge is 2.45. The molecule has 5 atom stereocenters. The van der Waals surface area contributed by atoms with Crippen molar-refractivity contribution in [2.24, 2.45) is 23.0 Å². The number of carbonyl (C=O) groups is 1. The number of hydrogen-bond acceptors (Lipinski definition) is 3. The zero-order valence-electron chi connectivity index (χ0n) is 13.1. The summed E-state index contributed by atoms with van der Waals surface area (Å²) in [4.78, 5) is 12.6. The molecule has 0 heterocycles. The number of carbonyl (C=O) groups excluding carboxylic acids is 1. The smallest absolute Gasteiger partial charge is 0.223 e. The van der Waals surface area contributed by atoms with Crippen LogP contribution < -0.4 is 11.1 Å². The van der Waals surface area contributed by atoms with Crippen molar-refractivity contribution in [1.29, 1.82) is 0 Å². The Bertz CT molecular complexity index is 356. The van der Waals surface area contributed by atoms with Crippen LogP contribution in [0.2, 0.25) is 0 Å². The molecule has 116 valence electrons. The fourth-order valence-electron chi connectivity index (χ4n) is 3.88. The van der Waals surface area contributed by atoms with E-state index in [-0.39, 0.29) is 35.4 Å². The van der Waals surface area contributed by atoms with Gasteiger partial charge in [0.05, 0.1) is 12.1 Å². The molecule has 0 spiro atoms. The molecule has 20 heavy (non-hydrogen) atoms. The summed E-state index contributed by atoms with van der Waals surface area (Å²) in [6.45, 7) is 6.45. The topological polar surface area (TPSA) is 75.4 Å². The molecule has 0 aromatic rings. The second-order valence-corrected chi connectivity index (χ2v) is 7.37. The molecule has 4 N–H and O–H groups in total. The lowest BCUT2D eigenvalue weighted by Crippen LogP contribution is -2.54. The van der Waals surface area contributed by atoms with Crippen molar-refractivity contribution in [1.82, 2.24) is 5.32 Å². The van der Waals surface area contributed by atoms with Crippen LogP contribution in [0.5, 0.6) is 0 Å². The number of aliphatic hydroxyl groups excluding tert-OH is 1. The van der Waals surface area contributed by atoms with Gasteiger partial charge in [-0.1, -0.05) is 33.6 Å². The van der Waals surface area contributed by atoms with Gasteiger partial charge in [0.2, 0.25) is 5.91 Å². The third kappa shape index (κ3) is 3.01. The quantitative estimate of drug-likeness (QED) is 0.723. The molecule has 1 amide bonds. The van der Waals surface area contributed by atoms with Gasteiger partial charge >= 0.3 is 0 Å². The van der Waals surface area contributed by atoms with E-state index in [1.54, 1.807) is 0 Å². The molecule has 0 bridgehead atoms. The molecule has 0 radical (unpaired) electrons. The van der Waals surface area contributed by atoms with Gasteiger partial charge in [-0.05, 0) is 37.0 Å². The predicted octanol–water partition coefficient (Wildman–Crippen LogP) is 1.81. The highest BCUT2D eigenvalue weighted by Crippen LogP contribution is 2.44. The summed E-state index contributed by atoms with van der Waals surface area (Å²) in [5.74, 6) is 0.453. The summed E-state index contributed by atoms with van der Waals surface area (Å²) in [6, 6.07) is 0.132. The SMILES string of the molecule is CC1C(N)CCC(C(=O)NC2CCCCC2O)C1(C)C. The van der Waals surface area contributed by atoms with Crippen LogP contribution in [0.4, 0.5) is 0 Å². The molecule has 2 rings (SSSR count). The minimum atomic E-state index is -0.376. The molecule has 0 saturated heterocycles. The van der Waals surface area contributed by atoms with Crippen LogP contribution in [0.3, 0.4) is 0 Å². The molecule has 2 fully saturated rings. The summed E-state index contributed by atoms with van der Waals surface area (Å²) < 4.78 is 0. The van der Waals surface area contributed by atoms with Crippen LogP contribution in [0.1, 0.15) is 59.3 Å². The van der Waals surface area contributed by atoms with Crippen molar-refractivity contribution in [2.75, 3.05) is 0 Å². The number of nitrogens with one attached hydrogen (secondary N) is 1. The highest BCUT2D eigenvalue weighted by molar-refractivity contribution is 5.80. The Hall–Kier alpha value is -0.610. The van der Waals surface area contributed by atoms with E-state index >= 15 is 0 Å². The first kappa shape index (κ1) is 15.8. The lowest BCUT2D eigenvalue weighted by molar-refractivity contribution is -0.134. The van der Waals surface area contributed by atoms with Gasteiger partial charge in [-0.25, -0.2) is 0 Å². The van der Waals surface area contributed by atoms with Gasteiger partial charge in [-0.2, -0.15) is 0 Å². The lowest BCUT2D eigenvalue weighted by atomic mass is 9.61. The molecular weight excluding hydrogens is 252 g/mol. The van der Waals surface area contributed by atoms with Crippen molar-refractivity contribution in [3.05, 3.63) is 0 Å². The summed E-state index contributed by atoms with van der Waals surface area (Å²) in [5, 5.41) is 13.1. The molecule has 0 aromatic carbocycles. The summed E-state index contributed by atoms with van der Waals surface area (Å²) in [5.41, 5.74) is 6.07. The van der Waals surface area contributed by atoms with Crippen LogP contribution in [0, 0.1) is 17.3 Å². The molecule has 2 saturated carbocycles. The van der Waals surface area contributed by atoms with Crippen LogP contribution >= 0.6 is 0 Å². The number of hydrogen-bond donors (Lipinski definition) is 3. The van der Waals surface area contributed by atoms with Gasteiger partial charge in [-0.3, -0.25) is 4.79 Å². The van der Waals surface area contributed by atoms with Gasteiger partial charge in [-0.15, -0.1) is 0 Å². The first-order valence-corrected chi connectivity index (χ1v) is 8.08. The molecule has 4 nitrogen and oxygen atoms in total. The van der Waals surface area contributed by atoms with E-state index in [0.29, 0.717) is 5.92 Å². The minimum absolute atomic E-state index is 0.00595. The third-order valence-electron chi connectivity index (χ3n) is 5.88. The van der Waals surface area contributed by atoms with Crippen molar-refractivity contribution in [3.8, 4) is 0 Å². The third-order valence-corrected chi connectivity index (χ3v) is 5.88. The maximum atomic E-state index is 12.6. The average molecular weight is 282 g/mol. The van der Waals surface area contributed by atoms with Gasteiger partial charge in [0, 0.05) is 12.0 Å². The van der Waals surface area contributed by atoms with E-state index in [2.05, 4.69) is 26.1 Å². The second kappa shape index (κ2) is 6.02. The van der Waals surface area contributed by atoms with Crippen LogP contribution in [0.25, 0.3) is 0 Å². The van der Waals surface area contributed by atoms with E-state index < -0.39 is 0 Å². The largest absolute Gasteiger partial charge is 0.391 e. The second-order valence-electron chi connectivity index (χ2n) is 7.37. The van der Waals surface area contributed by atoms with Gasteiger partial charge in [0.15, 0.2) is 0 Å². The average Bonchev–Trinajstić information content (AvgIpc) is 2.38. The van der Waals surface area contributed by atoms with E-state index in [0.717, 1.165) is 38.5 Å². The monoisotopic (exact) mass is 282 g/mol. The van der Waals surface area contributed by atoms with Gasteiger partial charge < -0.3 is 16.2 Å². The molecular formula is C16H30N2O2. The van der Waals surface area contributed by atoms with Crippen LogP contribution in [-0.2, 0) is 4.79 Å². The molecule has 2 aliphatic rings. The first-order chi connectivity index (χ1) is 9.34. The standard InChI is InChI=1S/C16H30N2O2/c1-10-12(17)9-8-11(16(10,2)3)15(20)18-13-6-4-5-7-14(13)19/h10-14,19H,4-9,17H2,1-3H3,(H,18,20). The van der Waals surface area contributed by atoms with E-state index in [1.807, 2.05) is 0 Å². The van der Waals surface area contributed by atoms with E-state index in [1.165, 1.54) is 0 Å². The molecule has 2 aliphatic carbocycles. The minimum Gasteiger partial charge on any atom is -0.391 e. The van der Waals surface area contributed by atoms with Gasteiger partial charge in [0.25, 0.3) is 0 Å². The summed E-state index contributed by atoms with van der Waals surface area (Å²) in [6.07, 6.45) is 5.25. The summed E-state index contributed by atoms with van der Waals surface area (Å²) >= 11 is 0. The van der Waals surface area contributed by atoms with Crippen LogP contribution in [-0.4, -0.2) is 29.2 Å². The Morgan fingerprint density at radius 1 is 1.20 bits per heavy atom. The molecule has 0 aromatic heterocycles. The van der Waals surface area contributed by atoms with Crippen molar-refractivity contribution >= 4 is 5.91 Å². The number of nitrogens with two attached hydrogens (primary N) is 1. The fraction of sp³-hybridized carbons (Fsp3) is 0.938. The zero-order chi connectivity index (χ0) is 14.9. The summed E-state index contributed by atoms with van der Waals surface area (Å²) in [7, 11) is 0. The fourth-order valence-corrected chi connectivity index (χ4v) is 3.88. The first-order valence-electron chi connectivity index (χ1n) is 8.08. The normalized spacial score (nSPS) is 41.1. The Balaban J connectivity index is 2.01. The number of aliphatic hydroxyl groups is 1. The molecule has 0 aliphatic heterocycles. The van der Waals surface area contributed by atoms with Gasteiger partial charge in [0.1, 0.15) is 0 Å². The predicted molar refractivity (Wildman–Crippen MR) is 80.0 cm³/mol. The van der Waals surface area contributed by atoms with E-state index in [9.17, 15) is 9.90 Å². The number of rotatable bonds is 2. The Morgan fingerprint density at radius 2 is 1.85 bits per heavy atom. The van der Waals surface area contributed by atoms with Crippen molar-refractivity contribution < 1.29 is 9.90 Å². The Labute approximate surface area is 122 Å². The molecule has 5 unspecified atom stereocenters. The van der Waals surface area contributed by atoms with Crippen LogP contribution in [0.15, 0.2) is 0 Å². The van der Waals surface area contributed by atoms with E-state index in [4.69, 9.17) is 5.73 Å². The van der Waals surface area contributed by atoms with Crippen molar-refractivity contribution in [2.45, 2.75) is 77.5 Å². The zero-order valence-corrected chi connectivity index (χ0v) is 13.1. The Kier molecular flexibility index (Phi) is 4.75. The lowest BCUT2D eigenvalue weighted by Gasteiger charge is -2.46. The maximum Gasteiger partial charge on any atom is 0.223 e. The number of amides is 1. The Morgan fingerprint density at radius 3 is 2.50 bits per heavy atom. The maximum absolute atomic E-state index is 12.6. The molecule has 4 heteroatoms. The van der Waals surface area contributed by atoms with Crippen molar-refractivity contribution in [3.63, 3.8) is 0 Å². The highest BCUT2D eigenvalue weighted by atomic mass is 16.3.